The number of hydrogen-bond donors (Lipinski definition) is 1. The van der Waals surface area contributed by atoms with E-state index in [9.17, 15) is 23.9 Å². The lowest BCUT2D eigenvalue weighted by atomic mass is 9.98. The normalized spacial score (nSPS) is 11.9. The van der Waals surface area contributed by atoms with Crippen molar-refractivity contribution >= 4 is 11.5 Å². The van der Waals surface area contributed by atoms with Crippen LogP contribution in [0.25, 0.3) is 0 Å². The molecule has 1 atom stereocenters. The van der Waals surface area contributed by atoms with Crippen LogP contribution in [0.5, 0.6) is 5.88 Å². The number of anilines is 1. The van der Waals surface area contributed by atoms with E-state index in [-0.39, 0.29) is 11.1 Å². The molecule has 1 aromatic carbocycles. The Hall–Kier alpha value is -3.75. The summed E-state index contributed by atoms with van der Waals surface area (Å²) in [5.41, 5.74) is -0.753. The van der Waals surface area contributed by atoms with Crippen molar-refractivity contribution in [2.45, 2.75) is 6.04 Å². The van der Waals surface area contributed by atoms with E-state index in [4.69, 9.17) is 0 Å². The summed E-state index contributed by atoms with van der Waals surface area (Å²) in [5, 5.41) is 10.6. The Morgan fingerprint density at radius 3 is 2.13 bits per heavy atom. The molecule has 0 spiro atoms. The summed E-state index contributed by atoms with van der Waals surface area (Å²) in [7, 11) is 6.29. The number of pyridine rings is 1. The number of ketones is 1. The van der Waals surface area contributed by atoms with Gasteiger partial charge in [0, 0.05) is 51.6 Å². The molecule has 0 fully saturated rings. The number of hydrogen-bond acceptors (Lipinski definition) is 5. The molecule has 0 radical (unpaired) electrons. The van der Waals surface area contributed by atoms with Crippen molar-refractivity contribution < 1.29 is 18.9 Å². The number of rotatable bonds is 5. The molecular formula is C21H22FN4O4+. The molecule has 156 valence electrons. The zero-order valence-corrected chi connectivity index (χ0v) is 17.0. The monoisotopic (exact) mass is 413 g/mol. The number of carbonyl (C=O) groups is 1. The van der Waals surface area contributed by atoms with Crippen molar-refractivity contribution in [3.63, 3.8) is 0 Å². The number of Topliss-reactive ketones (excluding diaryl/α,β-unsaturated/α-hetero) is 1. The first-order chi connectivity index (χ1) is 14.1. The third kappa shape index (κ3) is 3.61. The highest BCUT2D eigenvalue weighted by molar-refractivity contribution is 6.00. The molecule has 1 unspecified atom stereocenters. The number of carbonyl (C=O) groups excluding carboxylic acids is 1. The number of nitrogens with zero attached hydrogens (tertiary/aromatic N) is 4. The largest absolute Gasteiger partial charge is 0.494 e. The second kappa shape index (κ2) is 7.94. The highest BCUT2D eigenvalue weighted by Crippen LogP contribution is 2.23. The minimum Gasteiger partial charge on any atom is -0.494 e. The standard InChI is InChI=1S/C21H21FN4O4/c1-23(2)15-9-11-26(12-10-15)17(18(27)13-5-7-14(22)8-6-13)16-19(28)24(3)21(30)25(4)20(16)29/h5-12,17H,1-4H3/p+1. The summed E-state index contributed by atoms with van der Waals surface area (Å²) >= 11 is 0. The van der Waals surface area contributed by atoms with Gasteiger partial charge in [-0.05, 0) is 24.3 Å². The molecule has 9 heteroatoms. The zero-order chi connectivity index (χ0) is 22.2. The van der Waals surface area contributed by atoms with Crippen LogP contribution in [0.3, 0.4) is 0 Å². The van der Waals surface area contributed by atoms with E-state index >= 15 is 0 Å². The van der Waals surface area contributed by atoms with Gasteiger partial charge < -0.3 is 10.0 Å². The summed E-state index contributed by atoms with van der Waals surface area (Å²) < 4.78 is 16.5. The molecule has 2 aromatic heterocycles. The molecule has 3 rings (SSSR count). The van der Waals surface area contributed by atoms with E-state index in [0.29, 0.717) is 0 Å². The van der Waals surface area contributed by atoms with Gasteiger partial charge in [-0.25, -0.2) is 9.18 Å². The van der Waals surface area contributed by atoms with Crippen molar-refractivity contribution in [2.24, 2.45) is 14.1 Å². The molecule has 0 aliphatic rings. The van der Waals surface area contributed by atoms with Crippen LogP contribution >= 0.6 is 0 Å². The average molecular weight is 413 g/mol. The summed E-state index contributed by atoms with van der Waals surface area (Å²) in [6.07, 6.45) is 3.21. The first-order valence-corrected chi connectivity index (χ1v) is 9.10. The molecule has 0 amide bonds. The lowest BCUT2D eigenvalue weighted by Gasteiger charge is -2.17. The van der Waals surface area contributed by atoms with Gasteiger partial charge in [0.2, 0.25) is 11.7 Å². The quantitative estimate of drug-likeness (QED) is 0.493. The predicted octanol–water partition coefficient (Wildman–Crippen LogP) is 0.754. The van der Waals surface area contributed by atoms with Crippen molar-refractivity contribution in [1.29, 1.82) is 0 Å². The Kier molecular flexibility index (Phi) is 5.55. The van der Waals surface area contributed by atoms with Crippen LogP contribution < -0.4 is 20.7 Å². The fraction of sp³-hybridized carbons (Fsp3) is 0.238. The summed E-state index contributed by atoms with van der Waals surface area (Å²) in [5.74, 6) is -1.65. The van der Waals surface area contributed by atoms with Gasteiger partial charge >= 0.3 is 5.69 Å². The Labute approximate surface area is 171 Å². The van der Waals surface area contributed by atoms with Crippen molar-refractivity contribution in [2.75, 3.05) is 19.0 Å². The Morgan fingerprint density at radius 2 is 1.60 bits per heavy atom. The Balaban J connectivity index is 2.28. The maximum atomic E-state index is 13.4. The van der Waals surface area contributed by atoms with Crippen molar-refractivity contribution in [3.8, 4) is 5.88 Å². The molecule has 0 saturated heterocycles. The van der Waals surface area contributed by atoms with Crippen molar-refractivity contribution in [3.05, 3.63) is 86.6 Å². The van der Waals surface area contributed by atoms with E-state index in [1.165, 1.54) is 30.8 Å². The summed E-state index contributed by atoms with van der Waals surface area (Å²) in [6.45, 7) is 0. The van der Waals surface area contributed by atoms with Gasteiger partial charge in [0.15, 0.2) is 18.0 Å². The third-order valence-corrected chi connectivity index (χ3v) is 4.97. The van der Waals surface area contributed by atoms with Crippen LogP contribution in [-0.2, 0) is 14.1 Å². The van der Waals surface area contributed by atoms with E-state index in [1.54, 1.807) is 24.5 Å². The fourth-order valence-corrected chi connectivity index (χ4v) is 3.19. The molecule has 3 aromatic rings. The van der Waals surface area contributed by atoms with Crippen molar-refractivity contribution in [1.82, 2.24) is 9.13 Å². The van der Waals surface area contributed by atoms with Crippen LogP contribution in [0, 0.1) is 5.82 Å². The Bertz CT molecular complexity index is 1210. The highest BCUT2D eigenvalue weighted by atomic mass is 19.1. The van der Waals surface area contributed by atoms with Crippen LogP contribution in [0.2, 0.25) is 0 Å². The van der Waals surface area contributed by atoms with Gasteiger partial charge in [0.05, 0.1) is 0 Å². The molecule has 8 nitrogen and oxygen atoms in total. The third-order valence-electron chi connectivity index (χ3n) is 4.97. The molecule has 0 saturated carbocycles. The molecule has 1 N–H and O–H groups in total. The highest BCUT2D eigenvalue weighted by Gasteiger charge is 2.37. The van der Waals surface area contributed by atoms with Gasteiger partial charge in [-0.3, -0.25) is 18.7 Å². The SMILES string of the molecule is CN(C)c1cc[n+](C(C(=O)c2ccc(F)cc2)c2c(O)n(C)c(=O)n(C)c2=O)cc1. The predicted molar refractivity (Wildman–Crippen MR) is 108 cm³/mol. The zero-order valence-electron chi connectivity index (χ0n) is 17.0. The van der Waals surface area contributed by atoms with E-state index in [0.717, 1.165) is 27.0 Å². The fourth-order valence-electron chi connectivity index (χ4n) is 3.19. The van der Waals surface area contributed by atoms with Gasteiger partial charge in [-0.15, -0.1) is 0 Å². The van der Waals surface area contributed by atoms with Crippen LogP contribution in [0.15, 0.2) is 58.4 Å². The Morgan fingerprint density at radius 1 is 1.03 bits per heavy atom. The van der Waals surface area contributed by atoms with Crippen LogP contribution in [-0.4, -0.2) is 34.1 Å². The van der Waals surface area contributed by atoms with Gasteiger partial charge in [0.25, 0.3) is 11.6 Å². The number of aromatic hydroxyl groups is 1. The minimum absolute atomic E-state index is 0.154. The molecule has 0 aliphatic heterocycles. The smallest absolute Gasteiger partial charge is 0.333 e. The van der Waals surface area contributed by atoms with Gasteiger partial charge in [-0.1, -0.05) is 0 Å². The first kappa shape index (κ1) is 21.0. The maximum absolute atomic E-state index is 13.4. The second-order valence-corrected chi connectivity index (χ2v) is 7.11. The molecular weight excluding hydrogens is 391 g/mol. The van der Waals surface area contributed by atoms with Crippen LogP contribution in [0.4, 0.5) is 10.1 Å². The summed E-state index contributed by atoms with van der Waals surface area (Å²) in [4.78, 5) is 40.3. The van der Waals surface area contributed by atoms with Gasteiger partial charge in [-0.2, -0.15) is 4.57 Å². The molecule has 0 aliphatic carbocycles. The topological polar surface area (TPSA) is 88.4 Å². The number of halogens is 1. The number of aromatic nitrogens is 3. The van der Waals surface area contributed by atoms with E-state index < -0.39 is 34.8 Å². The lowest BCUT2D eigenvalue weighted by molar-refractivity contribution is -0.699. The first-order valence-electron chi connectivity index (χ1n) is 9.10. The van der Waals surface area contributed by atoms with E-state index in [1.807, 2.05) is 19.0 Å². The molecule has 2 heterocycles. The van der Waals surface area contributed by atoms with E-state index in [2.05, 4.69) is 0 Å². The van der Waals surface area contributed by atoms with Crippen LogP contribution in [0.1, 0.15) is 22.0 Å². The molecule has 0 bridgehead atoms. The van der Waals surface area contributed by atoms with Gasteiger partial charge in [0.1, 0.15) is 5.82 Å². The summed E-state index contributed by atoms with van der Waals surface area (Å²) in [6, 6.07) is 7.12. The lowest BCUT2D eigenvalue weighted by Crippen LogP contribution is -2.49. The number of benzene rings is 1. The molecule has 30 heavy (non-hydrogen) atoms. The maximum Gasteiger partial charge on any atom is 0.333 e. The minimum atomic E-state index is -1.27. The second-order valence-electron chi connectivity index (χ2n) is 7.11. The average Bonchev–Trinajstić information content (AvgIpc) is 2.74.